The van der Waals surface area contributed by atoms with Crippen LogP contribution in [0.5, 0.6) is 0 Å². The SMILES string of the molecule is c1ccc(C2(c3ccccc3)OCC(CCN3CCCCC3)O2)cc1. The average molecular weight is 337 g/mol. The first-order valence-corrected chi connectivity index (χ1v) is 9.52. The molecule has 0 bridgehead atoms. The standard InChI is InChI=1S/C22H27NO2/c1-4-10-19(11-5-1)22(20-12-6-2-7-13-20)24-18-21(25-22)14-17-23-15-8-3-9-16-23/h1-2,4-7,10-13,21H,3,8-9,14-18H2. The van der Waals surface area contributed by atoms with Crippen LogP contribution in [0.25, 0.3) is 0 Å². The molecule has 4 rings (SSSR count). The van der Waals surface area contributed by atoms with E-state index < -0.39 is 5.79 Å². The Hall–Kier alpha value is -1.68. The largest absolute Gasteiger partial charge is 0.339 e. The molecule has 2 aromatic rings. The molecule has 0 amide bonds. The highest BCUT2D eigenvalue weighted by Crippen LogP contribution is 2.41. The summed E-state index contributed by atoms with van der Waals surface area (Å²) in [4.78, 5) is 2.57. The zero-order valence-corrected chi connectivity index (χ0v) is 14.8. The molecule has 1 atom stereocenters. The van der Waals surface area contributed by atoms with E-state index in [9.17, 15) is 0 Å². The normalized spacial score (nSPS) is 23.6. The predicted molar refractivity (Wildman–Crippen MR) is 99.4 cm³/mol. The summed E-state index contributed by atoms with van der Waals surface area (Å²) in [7, 11) is 0. The fourth-order valence-electron chi connectivity index (χ4n) is 3.95. The van der Waals surface area contributed by atoms with Gasteiger partial charge in [0.05, 0.1) is 12.7 Å². The zero-order chi connectivity index (χ0) is 17.0. The van der Waals surface area contributed by atoms with Crippen molar-refractivity contribution in [1.82, 2.24) is 4.90 Å². The first-order valence-electron chi connectivity index (χ1n) is 9.52. The second-order valence-corrected chi connectivity index (χ2v) is 7.09. The number of ether oxygens (including phenoxy) is 2. The Bertz CT molecular complexity index is 613. The number of hydrogen-bond donors (Lipinski definition) is 0. The van der Waals surface area contributed by atoms with Crippen LogP contribution in [0.3, 0.4) is 0 Å². The van der Waals surface area contributed by atoms with E-state index in [2.05, 4.69) is 29.2 Å². The van der Waals surface area contributed by atoms with Crippen LogP contribution in [0.1, 0.15) is 36.8 Å². The van der Waals surface area contributed by atoms with Gasteiger partial charge in [0.2, 0.25) is 5.79 Å². The Kier molecular flexibility index (Phi) is 5.16. The Labute approximate surface area is 150 Å². The van der Waals surface area contributed by atoms with E-state index in [1.54, 1.807) is 0 Å². The number of rotatable bonds is 5. The van der Waals surface area contributed by atoms with Crippen molar-refractivity contribution < 1.29 is 9.47 Å². The lowest BCUT2D eigenvalue weighted by molar-refractivity contribution is -0.143. The molecule has 0 spiro atoms. The summed E-state index contributed by atoms with van der Waals surface area (Å²) in [5, 5.41) is 0. The average Bonchev–Trinajstić information content (AvgIpc) is 3.14. The topological polar surface area (TPSA) is 21.7 Å². The fourth-order valence-corrected chi connectivity index (χ4v) is 3.95. The minimum Gasteiger partial charge on any atom is -0.339 e. The van der Waals surface area contributed by atoms with Crippen LogP contribution in [-0.4, -0.2) is 37.2 Å². The molecular formula is C22H27NO2. The Morgan fingerprint density at radius 3 is 2.04 bits per heavy atom. The first-order chi connectivity index (χ1) is 12.4. The third-order valence-corrected chi connectivity index (χ3v) is 5.33. The molecule has 3 nitrogen and oxygen atoms in total. The highest BCUT2D eigenvalue weighted by atomic mass is 16.7. The molecule has 0 N–H and O–H groups in total. The van der Waals surface area contributed by atoms with Gasteiger partial charge in [-0.25, -0.2) is 0 Å². The summed E-state index contributed by atoms with van der Waals surface area (Å²) < 4.78 is 12.9. The van der Waals surface area contributed by atoms with Gasteiger partial charge in [0.1, 0.15) is 0 Å². The van der Waals surface area contributed by atoms with Crippen LogP contribution < -0.4 is 0 Å². The zero-order valence-electron chi connectivity index (χ0n) is 14.8. The van der Waals surface area contributed by atoms with Crippen LogP contribution >= 0.6 is 0 Å². The number of likely N-dealkylation sites (tertiary alicyclic amines) is 1. The number of benzene rings is 2. The molecule has 0 aromatic heterocycles. The molecular weight excluding hydrogens is 310 g/mol. The molecule has 2 aliphatic rings. The van der Waals surface area contributed by atoms with Gasteiger partial charge in [-0.15, -0.1) is 0 Å². The van der Waals surface area contributed by atoms with Crippen molar-refractivity contribution in [3.63, 3.8) is 0 Å². The van der Waals surface area contributed by atoms with Crippen molar-refractivity contribution in [1.29, 1.82) is 0 Å². The van der Waals surface area contributed by atoms with Crippen LogP contribution in [0.15, 0.2) is 60.7 Å². The summed E-state index contributed by atoms with van der Waals surface area (Å²) in [6.07, 6.45) is 5.22. The van der Waals surface area contributed by atoms with Gasteiger partial charge in [0.15, 0.2) is 0 Å². The quantitative estimate of drug-likeness (QED) is 0.817. The molecule has 2 saturated heterocycles. The maximum absolute atomic E-state index is 6.56. The van der Waals surface area contributed by atoms with Crippen LogP contribution in [0.2, 0.25) is 0 Å². The predicted octanol–water partition coefficient (Wildman–Crippen LogP) is 4.18. The van der Waals surface area contributed by atoms with E-state index in [-0.39, 0.29) is 6.10 Å². The van der Waals surface area contributed by atoms with Gasteiger partial charge < -0.3 is 14.4 Å². The van der Waals surface area contributed by atoms with E-state index in [0.29, 0.717) is 6.61 Å². The maximum atomic E-state index is 6.56. The maximum Gasteiger partial charge on any atom is 0.222 e. The molecule has 0 saturated carbocycles. The molecule has 2 aliphatic heterocycles. The fraction of sp³-hybridized carbons (Fsp3) is 0.455. The molecule has 0 radical (unpaired) electrons. The van der Waals surface area contributed by atoms with Crippen molar-refractivity contribution in [2.24, 2.45) is 0 Å². The van der Waals surface area contributed by atoms with E-state index >= 15 is 0 Å². The second-order valence-electron chi connectivity index (χ2n) is 7.09. The van der Waals surface area contributed by atoms with Crippen LogP contribution in [0, 0.1) is 0 Å². The van der Waals surface area contributed by atoms with Gasteiger partial charge in [-0.2, -0.15) is 0 Å². The van der Waals surface area contributed by atoms with Gasteiger partial charge in [-0.3, -0.25) is 0 Å². The molecule has 2 heterocycles. The molecule has 3 heteroatoms. The highest BCUT2D eigenvalue weighted by Gasteiger charge is 2.44. The molecule has 2 fully saturated rings. The first kappa shape index (κ1) is 16.8. The van der Waals surface area contributed by atoms with Crippen molar-refractivity contribution in [2.75, 3.05) is 26.2 Å². The third-order valence-electron chi connectivity index (χ3n) is 5.33. The number of nitrogens with zero attached hydrogens (tertiary/aromatic N) is 1. The molecule has 2 aromatic carbocycles. The summed E-state index contributed by atoms with van der Waals surface area (Å²) in [5.74, 6) is -0.769. The van der Waals surface area contributed by atoms with E-state index in [1.165, 1.54) is 32.4 Å². The summed E-state index contributed by atoms with van der Waals surface area (Å²) >= 11 is 0. The number of hydrogen-bond acceptors (Lipinski definition) is 3. The second kappa shape index (κ2) is 7.69. The Morgan fingerprint density at radius 1 is 0.840 bits per heavy atom. The minimum absolute atomic E-state index is 0.141. The Morgan fingerprint density at radius 2 is 1.44 bits per heavy atom. The Balaban J connectivity index is 1.51. The monoisotopic (exact) mass is 337 g/mol. The lowest BCUT2D eigenvalue weighted by Gasteiger charge is -2.30. The lowest BCUT2D eigenvalue weighted by atomic mass is 9.97. The highest BCUT2D eigenvalue weighted by molar-refractivity contribution is 5.34. The van der Waals surface area contributed by atoms with Gasteiger partial charge in [-0.05, 0) is 32.4 Å². The minimum atomic E-state index is -0.769. The molecule has 25 heavy (non-hydrogen) atoms. The van der Waals surface area contributed by atoms with Crippen LogP contribution in [-0.2, 0) is 15.3 Å². The van der Waals surface area contributed by atoms with Gasteiger partial charge >= 0.3 is 0 Å². The van der Waals surface area contributed by atoms with E-state index in [0.717, 1.165) is 24.1 Å². The third kappa shape index (κ3) is 3.64. The van der Waals surface area contributed by atoms with Crippen molar-refractivity contribution in [3.8, 4) is 0 Å². The summed E-state index contributed by atoms with van der Waals surface area (Å²) in [6.45, 7) is 4.22. The molecule has 0 aliphatic carbocycles. The van der Waals surface area contributed by atoms with E-state index in [1.807, 2.05) is 36.4 Å². The smallest absolute Gasteiger partial charge is 0.222 e. The van der Waals surface area contributed by atoms with Gasteiger partial charge in [0.25, 0.3) is 0 Å². The van der Waals surface area contributed by atoms with E-state index in [4.69, 9.17) is 9.47 Å². The summed E-state index contributed by atoms with van der Waals surface area (Å²) in [6, 6.07) is 20.7. The van der Waals surface area contributed by atoms with Crippen molar-refractivity contribution >= 4 is 0 Å². The summed E-state index contributed by atoms with van der Waals surface area (Å²) in [5.41, 5.74) is 2.14. The lowest BCUT2D eigenvalue weighted by Crippen LogP contribution is -2.33. The van der Waals surface area contributed by atoms with Gasteiger partial charge in [-0.1, -0.05) is 67.1 Å². The molecule has 1 unspecified atom stereocenters. The van der Waals surface area contributed by atoms with Gasteiger partial charge in [0, 0.05) is 17.7 Å². The van der Waals surface area contributed by atoms with Crippen molar-refractivity contribution in [3.05, 3.63) is 71.8 Å². The van der Waals surface area contributed by atoms with Crippen LogP contribution in [0.4, 0.5) is 0 Å². The number of piperidine rings is 1. The molecule has 132 valence electrons. The van der Waals surface area contributed by atoms with Crippen molar-refractivity contribution in [2.45, 2.75) is 37.6 Å².